The highest BCUT2D eigenvalue weighted by molar-refractivity contribution is 6.11. The first-order chi connectivity index (χ1) is 11.9. The minimum Gasteiger partial charge on any atom is -0.383 e. The van der Waals surface area contributed by atoms with E-state index in [0.717, 1.165) is 5.56 Å². The molecule has 0 aromatic heterocycles. The lowest BCUT2D eigenvalue weighted by molar-refractivity contribution is 0.0992. The quantitative estimate of drug-likeness (QED) is 0.804. The van der Waals surface area contributed by atoms with Gasteiger partial charge in [-0.15, -0.1) is 0 Å². The van der Waals surface area contributed by atoms with Crippen LogP contribution in [0.1, 0.15) is 48.2 Å². The van der Waals surface area contributed by atoms with Crippen LogP contribution in [0.25, 0.3) is 0 Å². The summed E-state index contributed by atoms with van der Waals surface area (Å²) in [7, 11) is 0. The van der Waals surface area contributed by atoms with Crippen molar-refractivity contribution in [3.63, 3.8) is 0 Å². The summed E-state index contributed by atoms with van der Waals surface area (Å²) in [6.45, 7) is 6.00. The fraction of sp³-hybridized carbons (Fsp3) is 0.316. The highest BCUT2D eigenvalue weighted by Gasteiger charge is 2.38. The van der Waals surface area contributed by atoms with Gasteiger partial charge in [-0.3, -0.25) is 4.79 Å². The second kappa shape index (κ2) is 6.43. The van der Waals surface area contributed by atoms with Gasteiger partial charge in [0.05, 0.1) is 17.8 Å². The molecule has 0 radical (unpaired) electrons. The maximum atomic E-state index is 14.3. The molecule has 132 valence electrons. The molecule has 3 rings (SSSR count). The van der Waals surface area contributed by atoms with Crippen molar-refractivity contribution in [2.24, 2.45) is 0 Å². The van der Waals surface area contributed by atoms with Gasteiger partial charge in [0.1, 0.15) is 0 Å². The van der Waals surface area contributed by atoms with Crippen molar-refractivity contribution in [3.05, 3.63) is 58.4 Å². The van der Waals surface area contributed by atoms with E-state index in [1.54, 1.807) is 19.1 Å². The van der Waals surface area contributed by atoms with Crippen LogP contribution < -0.4 is 10.2 Å². The van der Waals surface area contributed by atoms with Crippen LogP contribution in [-0.2, 0) is 6.54 Å². The Hall–Kier alpha value is -2.50. The number of amides is 1. The fourth-order valence-corrected chi connectivity index (χ4v) is 3.23. The highest BCUT2D eigenvalue weighted by atomic mass is 19.2. The number of rotatable bonds is 4. The predicted molar refractivity (Wildman–Crippen MR) is 91.5 cm³/mol. The van der Waals surface area contributed by atoms with Crippen molar-refractivity contribution in [2.75, 3.05) is 16.8 Å². The first-order valence-corrected chi connectivity index (χ1v) is 8.22. The Morgan fingerprint density at radius 1 is 1.12 bits per heavy atom. The summed E-state index contributed by atoms with van der Waals surface area (Å²) in [4.78, 5) is 14.2. The van der Waals surface area contributed by atoms with E-state index in [4.69, 9.17) is 0 Å². The molecule has 0 saturated heterocycles. The Kier molecular flexibility index (Phi) is 4.45. The van der Waals surface area contributed by atoms with Crippen LogP contribution in [0, 0.1) is 17.5 Å². The molecule has 25 heavy (non-hydrogen) atoms. The van der Waals surface area contributed by atoms with Gasteiger partial charge in [-0.25, -0.2) is 13.2 Å². The van der Waals surface area contributed by atoms with Crippen LogP contribution in [0.15, 0.2) is 24.3 Å². The molecule has 0 atom stereocenters. The lowest BCUT2D eigenvalue weighted by Gasteiger charge is -2.21. The molecule has 0 spiro atoms. The number of carbonyl (C=O) groups excluding carboxylic acids is 1. The van der Waals surface area contributed by atoms with Crippen molar-refractivity contribution < 1.29 is 18.0 Å². The minimum absolute atomic E-state index is 0.00560. The second-order valence-electron chi connectivity index (χ2n) is 6.31. The van der Waals surface area contributed by atoms with Crippen LogP contribution in [0.5, 0.6) is 0 Å². The molecule has 1 aliphatic rings. The number of anilines is 2. The van der Waals surface area contributed by atoms with Gasteiger partial charge in [0.15, 0.2) is 17.5 Å². The zero-order valence-electron chi connectivity index (χ0n) is 14.3. The van der Waals surface area contributed by atoms with E-state index in [0.29, 0.717) is 12.2 Å². The SMILES string of the molecule is CCNc1c(F)c(F)c(F)c2c1CN(c1ccccc1C(C)C)C2=O. The van der Waals surface area contributed by atoms with Gasteiger partial charge < -0.3 is 10.2 Å². The Balaban J connectivity index is 2.17. The Morgan fingerprint density at radius 2 is 1.80 bits per heavy atom. The largest absolute Gasteiger partial charge is 0.383 e. The second-order valence-corrected chi connectivity index (χ2v) is 6.31. The minimum atomic E-state index is -1.62. The molecular weight excluding hydrogens is 329 g/mol. The summed E-state index contributed by atoms with van der Waals surface area (Å²) in [6.07, 6.45) is 0. The number of halogens is 3. The Morgan fingerprint density at radius 3 is 2.44 bits per heavy atom. The van der Waals surface area contributed by atoms with Gasteiger partial charge in [-0.1, -0.05) is 32.0 Å². The number of hydrogen-bond acceptors (Lipinski definition) is 2. The third kappa shape index (κ3) is 2.65. The van der Waals surface area contributed by atoms with Crippen molar-refractivity contribution in [2.45, 2.75) is 33.2 Å². The van der Waals surface area contributed by atoms with Crippen molar-refractivity contribution in [1.29, 1.82) is 0 Å². The summed E-state index contributed by atoms with van der Waals surface area (Å²) in [5, 5.41) is 2.71. The fourth-order valence-electron chi connectivity index (χ4n) is 3.23. The molecule has 2 aromatic carbocycles. The third-order valence-corrected chi connectivity index (χ3v) is 4.41. The smallest absolute Gasteiger partial charge is 0.262 e. The standard InChI is InChI=1S/C19H19F3N2O/c1-4-23-18-12-9-24(13-8-6-5-7-11(13)10(2)3)19(25)14(12)15(20)16(21)17(18)22/h5-8,10,23H,4,9H2,1-3H3. The Labute approximate surface area is 144 Å². The number of nitrogens with zero attached hydrogens (tertiary/aromatic N) is 1. The van der Waals surface area contributed by atoms with Gasteiger partial charge in [0.2, 0.25) is 0 Å². The van der Waals surface area contributed by atoms with Gasteiger partial charge in [0, 0.05) is 17.8 Å². The van der Waals surface area contributed by atoms with Crippen molar-refractivity contribution in [1.82, 2.24) is 0 Å². The molecule has 1 heterocycles. The molecule has 1 N–H and O–H groups in total. The normalized spacial score (nSPS) is 13.6. The van der Waals surface area contributed by atoms with Crippen molar-refractivity contribution >= 4 is 17.3 Å². The zero-order chi connectivity index (χ0) is 18.3. The number of benzene rings is 2. The average molecular weight is 348 g/mol. The lowest BCUT2D eigenvalue weighted by Crippen LogP contribution is -2.25. The van der Waals surface area contributed by atoms with Crippen LogP contribution in [-0.4, -0.2) is 12.5 Å². The van der Waals surface area contributed by atoms with Gasteiger partial charge in [0.25, 0.3) is 5.91 Å². The maximum Gasteiger partial charge on any atom is 0.262 e. The van der Waals surface area contributed by atoms with E-state index in [2.05, 4.69) is 5.32 Å². The molecule has 3 nitrogen and oxygen atoms in total. The first kappa shape index (κ1) is 17.3. The van der Waals surface area contributed by atoms with E-state index in [9.17, 15) is 18.0 Å². The van der Waals surface area contributed by atoms with Gasteiger partial charge >= 0.3 is 0 Å². The number of carbonyl (C=O) groups is 1. The number of hydrogen-bond donors (Lipinski definition) is 1. The summed E-state index contributed by atoms with van der Waals surface area (Å²) < 4.78 is 42.4. The van der Waals surface area contributed by atoms with E-state index in [-0.39, 0.29) is 23.7 Å². The molecule has 0 saturated carbocycles. The topological polar surface area (TPSA) is 32.3 Å². The number of nitrogens with one attached hydrogen (secondary N) is 1. The van der Waals surface area contributed by atoms with Crippen LogP contribution in [0.4, 0.5) is 24.5 Å². The average Bonchev–Trinajstić information content (AvgIpc) is 2.94. The molecule has 6 heteroatoms. The monoisotopic (exact) mass is 348 g/mol. The van der Waals surface area contributed by atoms with Gasteiger partial charge in [-0.2, -0.15) is 0 Å². The third-order valence-electron chi connectivity index (χ3n) is 4.41. The summed E-state index contributed by atoms with van der Waals surface area (Å²) >= 11 is 0. The first-order valence-electron chi connectivity index (χ1n) is 8.22. The molecular formula is C19H19F3N2O. The molecule has 0 fully saturated rings. The summed E-state index contributed by atoms with van der Waals surface area (Å²) in [5.74, 6) is -4.85. The molecule has 0 aliphatic carbocycles. The predicted octanol–water partition coefficient (Wildman–Crippen LogP) is 4.82. The molecule has 1 aliphatic heterocycles. The molecule has 0 unspecified atom stereocenters. The zero-order valence-corrected chi connectivity index (χ0v) is 14.3. The molecule has 0 bridgehead atoms. The van der Waals surface area contributed by atoms with Gasteiger partial charge in [-0.05, 0) is 24.5 Å². The van der Waals surface area contributed by atoms with Crippen LogP contribution >= 0.6 is 0 Å². The van der Waals surface area contributed by atoms with E-state index in [1.165, 1.54) is 4.90 Å². The van der Waals surface area contributed by atoms with E-state index < -0.39 is 28.9 Å². The van der Waals surface area contributed by atoms with E-state index >= 15 is 0 Å². The maximum absolute atomic E-state index is 14.3. The lowest BCUT2D eigenvalue weighted by atomic mass is 10.0. The summed E-state index contributed by atoms with van der Waals surface area (Å²) in [5.41, 5.74) is 1.15. The number of fused-ring (bicyclic) bond motifs is 1. The van der Waals surface area contributed by atoms with Crippen LogP contribution in [0.2, 0.25) is 0 Å². The van der Waals surface area contributed by atoms with Crippen molar-refractivity contribution in [3.8, 4) is 0 Å². The van der Waals surface area contributed by atoms with Crippen LogP contribution in [0.3, 0.4) is 0 Å². The summed E-state index contributed by atoms with van der Waals surface area (Å²) in [6, 6.07) is 7.28. The van der Waals surface area contributed by atoms with E-state index in [1.807, 2.05) is 26.0 Å². The molecule has 1 amide bonds. The highest BCUT2D eigenvalue weighted by Crippen LogP contribution is 2.39. The molecule has 2 aromatic rings. The Bertz CT molecular complexity index is 849. The number of para-hydroxylation sites is 1.